The van der Waals surface area contributed by atoms with Crippen LogP contribution in [0.4, 0.5) is 52.7 Å². The molecule has 2 aliphatic rings. The van der Waals surface area contributed by atoms with Crippen LogP contribution in [-0.2, 0) is 52.3 Å². The molecule has 0 radical (unpaired) electrons. The van der Waals surface area contributed by atoms with Crippen LogP contribution in [0.1, 0.15) is 33.6 Å². The summed E-state index contributed by atoms with van der Waals surface area (Å²) in [4.78, 5) is 46.6. The van der Waals surface area contributed by atoms with E-state index in [0.29, 0.717) is 0 Å². The molecule has 270 valence electrons. The van der Waals surface area contributed by atoms with Crippen molar-refractivity contribution in [1.82, 2.24) is 0 Å². The molecule has 0 N–H and O–H groups in total. The average molecular weight is 716 g/mol. The number of carbonyl (C=O) groups is 4. The summed E-state index contributed by atoms with van der Waals surface area (Å²) < 4.78 is 189. The molecule has 2 aliphatic heterocycles. The van der Waals surface area contributed by atoms with Crippen LogP contribution in [0.5, 0.6) is 0 Å². The van der Waals surface area contributed by atoms with Crippen molar-refractivity contribution in [2.75, 3.05) is 6.61 Å². The summed E-state index contributed by atoms with van der Waals surface area (Å²) in [6.07, 6.45) is -38.9. The van der Waals surface area contributed by atoms with Crippen molar-refractivity contribution in [2.45, 2.75) is 106 Å². The first-order valence-corrected chi connectivity index (χ1v) is 12.7. The third-order valence-corrected chi connectivity index (χ3v) is 6.57. The third kappa shape index (κ3) is 10.3. The summed E-state index contributed by atoms with van der Waals surface area (Å²) in [6.45, 7) is 5.37. The Morgan fingerprint density at radius 3 is 1.57 bits per heavy atom. The molecule has 47 heavy (non-hydrogen) atoms. The van der Waals surface area contributed by atoms with Gasteiger partial charge in [-0.15, -0.1) is 6.58 Å². The molecule has 2 rings (SSSR count). The first-order chi connectivity index (χ1) is 21.0. The highest BCUT2D eigenvalue weighted by Gasteiger charge is 2.60. The Kier molecular flexibility index (Phi) is 11.6. The minimum Gasteiger partial charge on any atom is -0.456 e. The van der Waals surface area contributed by atoms with Crippen molar-refractivity contribution >= 4 is 23.9 Å². The highest BCUT2D eigenvalue weighted by atomic mass is 19.4. The van der Waals surface area contributed by atoms with Crippen molar-refractivity contribution in [2.24, 2.45) is 0 Å². The van der Waals surface area contributed by atoms with Gasteiger partial charge in [-0.3, -0.25) is 0 Å². The molecule has 0 aromatic carbocycles. The Hall–Kier alpha value is -3.34. The molecule has 7 atom stereocenters. The van der Waals surface area contributed by atoms with Gasteiger partial charge in [0.05, 0.1) is 17.3 Å². The van der Waals surface area contributed by atoms with E-state index in [1.54, 1.807) is 0 Å². The van der Waals surface area contributed by atoms with Gasteiger partial charge in [0.15, 0.2) is 24.6 Å². The molecule has 2 heterocycles. The van der Waals surface area contributed by atoms with E-state index in [-0.39, 0.29) is 12.8 Å². The maximum atomic E-state index is 13.2. The Balaban J connectivity index is 2.72. The van der Waals surface area contributed by atoms with Gasteiger partial charge >= 0.3 is 48.6 Å². The molecule has 2 saturated heterocycles. The summed E-state index contributed by atoms with van der Waals surface area (Å²) in [5.74, 6) is -13.1. The van der Waals surface area contributed by atoms with Crippen molar-refractivity contribution < 1.29 is 105 Å². The molecule has 0 aliphatic carbocycles. The maximum Gasteiger partial charge on any atom is 0.490 e. The van der Waals surface area contributed by atoms with E-state index in [0.717, 1.165) is 13.8 Å². The van der Waals surface area contributed by atoms with Crippen molar-refractivity contribution in [1.29, 1.82) is 0 Å². The number of alkyl halides is 12. The monoisotopic (exact) mass is 716 g/mol. The second kappa shape index (κ2) is 13.6. The molecule has 0 aromatic heterocycles. The summed E-state index contributed by atoms with van der Waals surface area (Å²) in [5, 5.41) is 0. The van der Waals surface area contributed by atoms with Crippen LogP contribution in [0.15, 0.2) is 12.7 Å². The average Bonchev–Trinajstić information content (AvgIpc) is 3.31. The van der Waals surface area contributed by atoms with Crippen LogP contribution in [0.2, 0.25) is 0 Å². The zero-order valence-electron chi connectivity index (χ0n) is 23.9. The van der Waals surface area contributed by atoms with Crippen LogP contribution >= 0.6 is 0 Å². The van der Waals surface area contributed by atoms with Gasteiger partial charge < -0.3 is 33.2 Å². The van der Waals surface area contributed by atoms with Crippen LogP contribution in [0, 0.1) is 0 Å². The molecule has 0 amide bonds. The predicted molar refractivity (Wildman–Crippen MR) is 121 cm³/mol. The molecule has 11 nitrogen and oxygen atoms in total. The second-order valence-electron chi connectivity index (χ2n) is 10.6. The van der Waals surface area contributed by atoms with Crippen molar-refractivity contribution in [3.8, 4) is 0 Å². The van der Waals surface area contributed by atoms with E-state index < -0.39 is 103 Å². The molecule has 0 spiro atoms. The van der Waals surface area contributed by atoms with Crippen molar-refractivity contribution in [3.63, 3.8) is 0 Å². The Labute approximate surface area is 255 Å². The minimum atomic E-state index is -6.07. The fourth-order valence-corrected chi connectivity index (χ4v) is 4.20. The fraction of sp³-hybridized carbons (Fsp3) is 0.750. The molecule has 0 saturated carbocycles. The lowest BCUT2D eigenvalue weighted by molar-refractivity contribution is -0.344. The Morgan fingerprint density at radius 1 is 0.745 bits per heavy atom. The number of esters is 4. The first kappa shape index (κ1) is 39.8. The van der Waals surface area contributed by atoms with Crippen LogP contribution < -0.4 is 0 Å². The van der Waals surface area contributed by atoms with Crippen LogP contribution in [0.25, 0.3) is 0 Å². The second-order valence-corrected chi connectivity index (χ2v) is 10.6. The van der Waals surface area contributed by atoms with Gasteiger partial charge in [0, 0.05) is 0 Å². The van der Waals surface area contributed by atoms with Gasteiger partial charge in [-0.05, 0) is 33.6 Å². The highest BCUT2D eigenvalue weighted by Crippen LogP contribution is 2.41. The van der Waals surface area contributed by atoms with Crippen LogP contribution in [0.3, 0.4) is 0 Å². The SMILES string of the molecule is C=C[C@]1(C)CC[C@H](C(C)(C)O[C@H]2O[C@@H](COC(=O)C(F)(F)F)[C@H](OC(=O)C(F)(F)F)[C@@H](OC(=O)C(F)(F)F)[C@@H]2OC(=O)C(F)(F)F)O1. The molecule has 0 bridgehead atoms. The van der Waals surface area contributed by atoms with Gasteiger partial charge in [-0.1, -0.05) is 6.08 Å². The van der Waals surface area contributed by atoms with E-state index in [4.69, 9.17) is 14.2 Å². The third-order valence-electron chi connectivity index (χ3n) is 6.57. The van der Waals surface area contributed by atoms with Gasteiger partial charge in [0.25, 0.3) is 0 Å². The van der Waals surface area contributed by atoms with E-state index in [2.05, 4.69) is 25.5 Å². The minimum absolute atomic E-state index is 0.0696. The first-order valence-electron chi connectivity index (χ1n) is 12.7. The van der Waals surface area contributed by atoms with E-state index in [9.17, 15) is 71.9 Å². The molecule has 23 heteroatoms. The summed E-state index contributed by atoms with van der Waals surface area (Å²) in [7, 11) is 0. The van der Waals surface area contributed by atoms with E-state index in [1.165, 1.54) is 13.0 Å². The number of hydrogen-bond acceptors (Lipinski definition) is 11. The molecular formula is C24H24F12O11. The van der Waals surface area contributed by atoms with Gasteiger partial charge in [-0.25, -0.2) is 19.2 Å². The standard InChI is InChI=1S/C24H24F12O11/c1-5-20(4)7-6-10(46-20)19(2,3)47-14-13(45-18(40)24(34,35)36)12(44-17(39)23(31,32)33)11(43-16(38)22(28,29)30)9(42-14)8-41-15(37)21(25,26)27/h5,9-14H,1,6-8H2,2-4H3/t9-,10+,11-,12+,13-,14+,20+/m0/s1. The molecule has 0 unspecified atom stereocenters. The zero-order chi connectivity index (χ0) is 36.6. The number of hydrogen-bond donors (Lipinski definition) is 0. The highest BCUT2D eigenvalue weighted by molar-refractivity contribution is 5.78. The number of halogens is 12. The quantitative estimate of drug-likeness (QED) is 0.148. The summed E-state index contributed by atoms with van der Waals surface area (Å²) >= 11 is 0. The number of rotatable bonds is 9. The Morgan fingerprint density at radius 2 is 1.17 bits per heavy atom. The molecule has 0 aromatic rings. The molecular weight excluding hydrogens is 692 g/mol. The van der Waals surface area contributed by atoms with Crippen LogP contribution in [-0.4, -0.2) is 103 Å². The van der Waals surface area contributed by atoms with E-state index in [1.807, 2.05) is 0 Å². The maximum absolute atomic E-state index is 13.2. The Bertz CT molecular complexity index is 1190. The largest absolute Gasteiger partial charge is 0.490 e. The fourth-order valence-electron chi connectivity index (χ4n) is 4.20. The van der Waals surface area contributed by atoms with Gasteiger partial charge in [0.2, 0.25) is 0 Å². The zero-order valence-corrected chi connectivity index (χ0v) is 23.9. The summed E-state index contributed by atoms with van der Waals surface area (Å²) in [5.41, 5.74) is -2.92. The normalized spacial score (nSPS) is 29.1. The van der Waals surface area contributed by atoms with E-state index >= 15 is 0 Å². The van der Waals surface area contributed by atoms with Crippen molar-refractivity contribution in [3.05, 3.63) is 12.7 Å². The lowest BCUT2D eigenvalue weighted by Crippen LogP contribution is -2.65. The molecule has 2 fully saturated rings. The predicted octanol–water partition coefficient (Wildman–Crippen LogP) is 4.16. The smallest absolute Gasteiger partial charge is 0.456 e. The topological polar surface area (TPSA) is 133 Å². The number of carbonyl (C=O) groups excluding carboxylic acids is 4. The van der Waals surface area contributed by atoms with Gasteiger partial charge in [0.1, 0.15) is 12.7 Å². The lowest BCUT2D eigenvalue weighted by Gasteiger charge is -2.47. The van der Waals surface area contributed by atoms with Gasteiger partial charge in [-0.2, -0.15) is 52.7 Å². The number of ether oxygens (including phenoxy) is 7. The lowest BCUT2D eigenvalue weighted by atomic mass is 9.95. The summed E-state index contributed by atoms with van der Waals surface area (Å²) in [6, 6.07) is 0.